The molecule has 0 aliphatic carbocycles. The Morgan fingerprint density at radius 3 is 2.05 bits per heavy atom. The van der Waals surface area contributed by atoms with Crippen molar-refractivity contribution in [3.05, 3.63) is 24.3 Å². The first-order valence-corrected chi connectivity index (χ1v) is 7.91. The predicted molar refractivity (Wildman–Crippen MR) is 88.5 cm³/mol. The Hall–Kier alpha value is -1.75. The number of amides is 1. The molecule has 1 amide bonds. The van der Waals surface area contributed by atoms with Gasteiger partial charge in [0.2, 0.25) is 0 Å². The van der Waals surface area contributed by atoms with Gasteiger partial charge in [0.25, 0.3) is 5.91 Å². The van der Waals surface area contributed by atoms with Crippen molar-refractivity contribution in [2.75, 3.05) is 46.4 Å². The number of hydrogen-bond acceptors (Lipinski definition) is 4. The Labute approximate surface area is 133 Å². The number of nitrogens with zero attached hydrogens (tertiary/aromatic N) is 2. The van der Waals surface area contributed by atoms with Crippen LogP contribution in [-0.4, -0.2) is 62.1 Å². The highest BCUT2D eigenvalue weighted by molar-refractivity contribution is 5.77. The normalized spacial score (nSPS) is 10.6. The Kier molecular flexibility index (Phi) is 8.36. The minimum Gasteiger partial charge on any atom is -0.497 e. The van der Waals surface area contributed by atoms with Gasteiger partial charge < -0.3 is 19.3 Å². The van der Waals surface area contributed by atoms with Crippen LogP contribution in [0.5, 0.6) is 11.5 Å². The molecule has 124 valence electrons. The monoisotopic (exact) mass is 308 g/mol. The van der Waals surface area contributed by atoms with Crippen LogP contribution >= 0.6 is 0 Å². The summed E-state index contributed by atoms with van der Waals surface area (Å²) in [6.45, 7) is 10.7. The van der Waals surface area contributed by atoms with E-state index in [1.165, 1.54) is 0 Å². The number of carbonyl (C=O) groups is 1. The quantitative estimate of drug-likeness (QED) is 0.665. The lowest BCUT2D eigenvalue weighted by molar-refractivity contribution is -0.133. The van der Waals surface area contributed by atoms with Crippen LogP contribution in [0.15, 0.2) is 24.3 Å². The number of rotatable bonds is 10. The van der Waals surface area contributed by atoms with Gasteiger partial charge in [0.15, 0.2) is 6.61 Å². The smallest absolute Gasteiger partial charge is 0.260 e. The first-order chi connectivity index (χ1) is 10.6. The molecule has 0 aliphatic rings. The molecule has 0 unspecified atom stereocenters. The molecule has 1 aromatic carbocycles. The van der Waals surface area contributed by atoms with Crippen molar-refractivity contribution < 1.29 is 14.3 Å². The van der Waals surface area contributed by atoms with Gasteiger partial charge in [-0.25, -0.2) is 0 Å². The molecule has 0 radical (unpaired) electrons. The standard InChI is InChI=1S/C17H28N2O3/c1-5-18(6-2)12-13-19(7-3)17(20)14-22-16-10-8-15(21-4)9-11-16/h8-11H,5-7,12-14H2,1-4H3. The Bertz CT molecular complexity index is 430. The van der Waals surface area contributed by atoms with Crippen LogP contribution in [0.3, 0.4) is 0 Å². The molecule has 5 nitrogen and oxygen atoms in total. The SMILES string of the molecule is CCN(CC)CCN(CC)C(=O)COc1ccc(OC)cc1. The lowest BCUT2D eigenvalue weighted by Gasteiger charge is -2.25. The molecule has 1 rings (SSSR count). The van der Waals surface area contributed by atoms with Gasteiger partial charge in [-0.3, -0.25) is 4.79 Å². The third-order valence-electron chi connectivity index (χ3n) is 3.74. The van der Waals surface area contributed by atoms with Gasteiger partial charge >= 0.3 is 0 Å². The topological polar surface area (TPSA) is 42.0 Å². The van der Waals surface area contributed by atoms with Crippen molar-refractivity contribution in [1.29, 1.82) is 0 Å². The van der Waals surface area contributed by atoms with Crippen molar-refractivity contribution in [2.45, 2.75) is 20.8 Å². The van der Waals surface area contributed by atoms with Crippen LogP contribution in [0.2, 0.25) is 0 Å². The number of benzene rings is 1. The summed E-state index contributed by atoms with van der Waals surface area (Å²) < 4.78 is 10.6. The van der Waals surface area contributed by atoms with Crippen molar-refractivity contribution >= 4 is 5.91 Å². The molecule has 1 aromatic rings. The van der Waals surface area contributed by atoms with Crippen LogP contribution in [0, 0.1) is 0 Å². The van der Waals surface area contributed by atoms with E-state index < -0.39 is 0 Å². The van der Waals surface area contributed by atoms with Crippen molar-refractivity contribution in [3.63, 3.8) is 0 Å². The van der Waals surface area contributed by atoms with Crippen LogP contribution in [0.4, 0.5) is 0 Å². The fourth-order valence-electron chi connectivity index (χ4n) is 2.17. The summed E-state index contributed by atoms with van der Waals surface area (Å²) in [5.74, 6) is 1.47. The third kappa shape index (κ3) is 5.93. The maximum Gasteiger partial charge on any atom is 0.260 e. The molecule has 0 aromatic heterocycles. The first-order valence-electron chi connectivity index (χ1n) is 7.91. The summed E-state index contributed by atoms with van der Waals surface area (Å²) in [6, 6.07) is 7.24. The molecule has 0 saturated carbocycles. The zero-order valence-corrected chi connectivity index (χ0v) is 14.2. The highest BCUT2D eigenvalue weighted by Gasteiger charge is 2.13. The average Bonchev–Trinajstić information content (AvgIpc) is 2.57. The minimum atomic E-state index is 0.0190. The first kappa shape index (κ1) is 18.3. The highest BCUT2D eigenvalue weighted by atomic mass is 16.5. The number of hydrogen-bond donors (Lipinski definition) is 0. The molecular weight excluding hydrogens is 280 g/mol. The minimum absolute atomic E-state index is 0.0190. The van der Waals surface area contributed by atoms with E-state index in [1.807, 2.05) is 24.0 Å². The number of carbonyl (C=O) groups excluding carboxylic acids is 1. The lowest BCUT2D eigenvalue weighted by atomic mass is 10.3. The Morgan fingerprint density at radius 2 is 1.55 bits per heavy atom. The second kappa shape index (κ2) is 10.1. The molecule has 5 heteroatoms. The van der Waals surface area contributed by atoms with Crippen LogP contribution in [0.1, 0.15) is 20.8 Å². The molecule has 0 spiro atoms. The Balaban J connectivity index is 2.43. The summed E-state index contributed by atoms with van der Waals surface area (Å²) in [5, 5.41) is 0. The largest absolute Gasteiger partial charge is 0.497 e. The van der Waals surface area contributed by atoms with E-state index in [9.17, 15) is 4.79 Å². The molecule has 0 saturated heterocycles. The number of ether oxygens (including phenoxy) is 2. The second-order valence-corrected chi connectivity index (χ2v) is 4.96. The number of likely N-dealkylation sites (N-methyl/N-ethyl adjacent to an activating group) is 2. The fourth-order valence-corrected chi connectivity index (χ4v) is 2.17. The summed E-state index contributed by atoms with van der Waals surface area (Å²) in [4.78, 5) is 16.4. The molecule has 0 aliphatic heterocycles. The van der Waals surface area contributed by atoms with Crippen molar-refractivity contribution in [2.24, 2.45) is 0 Å². The summed E-state index contributed by atoms with van der Waals surface area (Å²) in [7, 11) is 1.62. The van der Waals surface area contributed by atoms with Gasteiger partial charge in [-0.2, -0.15) is 0 Å². The lowest BCUT2D eigenvalue weighted by Crippen LogP contribution is -2.40. The molecule has 0 N–H and O–H groups in total. The Morgan fingerprint density at radius 1 is 0.955 bits per heavy atom. The maximum absolute atomic E-state index is 12.2. The molecule has 0 atom stereocenters. The third-order valence-corrected chi connectivity index (χ3v) is 3.74. The van der Waals surface area contributed by atoms with Crippen LogP contribution in [-0.2, 0) is 4.79 Å². The molecule has 0 bridgehead atoms. The van der Waals surface area contributed by atoms with Gasteiger partial charge in [0.1, 0.15) is 11.5 Å². The zero-order valence-electron chi connectivity index (χ0n) is 14.2. The van der Waals surface area contributed by atoms with E-state index in [0.29, 0.717) is 12.3 Å². The van der Waals surface area contributed by atoms with Gasteiger partial charge in [-0.05, 0) is 44.3 Å². The van der Waals surface area contributed by atoms with Crippen molar-refractivity contribution in [1.82, 2.24) is 9.80 Å². The summed E-state index contributed by atoms with van der Waals surface area (Å²) >= 11 is 0. The fraction of sp³-hybridized carbons (Fsp3) is 0.588. The number of methoxy groups -OCH3 is 1. The van der Waals surface area contributed by atoms with Gasteiger partial charge in [-0.1, -0.05) is 13.8 Å². The summed E-state index contributed by atoms with van der Waals surface area (Å²) in [5.41, 5.74) is 0. The van der Waals surface area contributed by atoms with Crippen LogP contribution in [0.25, 0.3) is 0 Å². The predicted octanol–water partition coefficient (Wildman–Crippen LogP) is 2.26. The molecule has 22 heavy (non-hydrogen) atoms. The highest BCUT2D eigenvalue weighted by Crippen LogP contribution is 2.16. The van der Waals surface area contributed by atoms with E-state index in [1.54, 1.807) is 19.2 Å². The maximum atomic E-state index is 12.2. The summed E-state index contributed by atoms with van der Waals surface area (Å²) in [6.07, 6.45) is 0. The van der Waals surface area contributed by atoms with Crippen molar-refractivity contribution in [3.8, 4) is 11.5 Å². The van der Waals surface area contributed by atoms with E-state index in [4.69, 9.17) is 9.47 Å². The molecule has 0 heterocycles. The second-order valence-electron chi connectivity index (χ2n) is 4.96. The average molecular weight is 308 g/mol. The van der Waals surface area contributed by atoms with Crippen LogP contribution < -0.4 is 9.47 Å². The van der Waals surface area contributed by atoms with E-state index in [0.717, 1.165) is 31.9 Å². The van der Waals surface area contributed by atoms with Gasteiger partial charge in [0, 0.05) is 19.6 Å². The van der Waals surface area contributed by atoms with Gasteiger partial charge in [0.05, 0.1) is 7.11 Å². The molecular formula is C17H28N2O3. The van der Waals surface area contributed by atoms with E-state index in [-0.39, 0.29) is 12.5 Å². The van der Waals surface area contributed by atoms with E-state index in [2.05, 4.69) is 18.7 Å². The van der Waals surface area contributed by atoms with E-state index >= 15 is 0 Å². The van der Waals surface area contributed by atoms with Gasteiger partial charge in [-0.15, -0.1) is 0 Å². The zero-order chi connectivity index (χ0) is 16.4. The molecule has 0 fully saturated rings.